The van der Waals surface area contributed by atoms with Crippen LogP contribution < -0.4 is 11.1 Å². The van der Waals surface area contributed by atoms with E-state index in [2.05, 4.69) is 24.1 Å². The zero-order chi connectivity index (χ0) is 12.7. The topological polar surface area (TPSA) is 68.0 Å². The predicted octanol–water partition coefficient (Wildman–Crippen LogP) is 1.96. The molecule has 1 atom stereocenters. The van der Waals surface area contributed by atoms with E-state index >= 15 is 0 Å². The van der Waals surface area contributed by atoms with Gasteiger partial charge in [0, 0.05) is 18.9 Å². The molecular weight excluding hydrogens is 285 g/mol. The zero-order valence-corrected chi connectivity index (χ0v) is 13.0. The number of carbonyl (C=O) groups excluding carboxylic acids is 1. The van der Waals surface area contributed by atoms with Crippen LogP contribution in [0.2, 0.25) is 0 Å². The molecular formula is C13H23Cl2N3O. The van der Waals surface area contributed by atoms with Gasteiger partial charge in [-0.15, -0.1) is 24.8 Å². The fourth-order valence-corrected chi connectivity index (χ4v) is 1.62. The molecule has 0 unspecified atom stereocenters. The molecule has 0 bridgehead atoms. The van der Waals surface area contributed by atoms with Crippen molar-refractivity contribution in [3.05, 3.63) is 30.1 Å². The number of aromatic nitrogens is 1. The smallest absolute Gasteiger partial charge is 0.236 e. The predicted molar refractivity (Wildman–Crippen MR) is 82.9 cm³/mol. The molecule has 4 nitrogen and oxygen atoms in total. The number of hydrogen-bond acceptors (Lipinski definition) is 3. The summed E-state index contributed by atoms with van der Waals surface area (Å²) in [6.07, 6.45) is 5.05. The maximum absolute atomic E-state index is 11.6. The van der Waals surface area contributed by atoms with Gasteiger partial charge >= 0.3 is 0 Å². The second-order valence-electron chi connectivity index (χ2n) is 4.64. The van der Waals surface area contributed by atoms with Crippen molar-refractivity contribution in [3.8, 4) is 0 Å². The normalized spacial score (nSPS) is 11.2. The van der Waals surface area contributed by atoms with Gasteiger partial charge in [-0.25, -0.2) is 0 Å². The number of pyridine rings is 1. The SMILES string of the molecule is CC(C)C[C@H](N)C(=O)NCCc1cccnc1.Cl.Cl. The van der Waals surface area contributed by atoms with Crippen LogP contribution in [0.4, 0.5) is 0 Å². The van der Waals surface area contributed by atoms with Gasteiger partial charge in [-0.2, -0.15) is 0 Å². The van der Waals surface area contributed by atoms with Gasteiger partial charge in [0.2, 0.25) is 5.91 Å². The maximum Gasteiger partial charge on any atom is 0.236 e. The molecule has 0 spiro atoms. The molecule has 0 aromatic carbocycles. The van der Waals surface area contributed by atoms with Crippen molar-refractivity contribution in [2.75, 3.05) is 6.54 Å². The number of hydrogen-bond donors (Lipinski definition) is 2. The molecule has 0 aliphatic rings. The molecule has 1 aromatic rings. The highest BCUT2D eigenvalue weighted by molar-refractivity contribution is 5.85. The van der Waals surface area contributed by atoms with Crippen LogP contribution in [0.3, 0.4) is 0 Å². The van der Waals surface area contributed by atoms with Gasteiger partial charge < -0.3 is 11.1 Å². The average molecular weight is 308 g/mol. The highest BCUT2D eigenvalue weighted by atomic mass is 35.5. The molecule has 1 amide bonds. The molecule has 19 heavy (non-hydrogen) atoms. The molecule has 1 rings (SSSR count). The van der Waals surface area contributed by atoms with E-state index in [0.717, 1.165) is 18.4 Å². The Kier molecular flexibility index (Phi) is 11.9. The average Bonchev–Trinajstić information content (AvgIpc) is 2.29. The summed E-state index contributed by atoms with van der Waals surface area (Å²) >= 11 is 0. The Balaban J connectivity index is 0. The third-order valence-corrected chi connectivity index (χ3v) is 2.50. The van der Waals surface area contributed by atoms with Crippen LogP contribution in [0.5, 0.6) is 0 Å². The zero-order valence-electron chi connectivity index (χ0n) is 11.3. The summed E-state index contributed by atoms with van der Waals surface area (Å²) in [6.45, 7) is 4.72. The fraction of sp³-hybridized carbons (Fsp3) is 0.538. The number of nitrogens with one attached hydrogen (secondary N) is 1. The Morgan fingerprint density at radius 3 is 2.63 bits per heavy atom. The molecule has 3 N–H and O–H groups in total. The van der Waals surface area contributed by atoms with Crippen molar-refractivity contribution in [1.82, 2.24) is 10.3 Å². The molecule has 0 aliphatic heterocycles. The van der Waals surface area contributed by atoms with E-state index in [1.54, 1.807) is 12.4 Å². The maximum atomic E-state index is 11.6. The molecule has 0 saturated heterocycles. The van der Waals surface area contributed by atoms with Gasteiger partial charge in [-0.3, -0.25) is 9.78 Å². The first kappa shape index (κ1) is 20.5. The van der Waals surface area contributed by atoms with E-state index in [0.29, 0.717) is 12.5 Å². The highest BCUT2D eigenvalue weighted by Gasteiger charge is 2.13. The van der Waals surface area contributed by atoms with E-state index in [-0.39, 0.29) is 30.7 Å². The Labute approximate surface area is 127 Å². The van der Waals surface area contributed by atoms with Crippen molar-refractivity contribution in [2.24, 2.45) is 11.7 Å². The van der Waals surface area contributed by atoms with Crippen LogP contribution in [-0.2, 0) is 11.2 Å². The second kappa shape index (κ2) is 11.0. The molecule has 1 heterocycles. The molecule has 1 aromatic heterocycles. The first-order valence-electron chi connectivity index (χ1n) is 6.01. The number of nitrogens with two attached hydrogens (primary N) is 1. The molecule has 110 valence electrons. The van der Waals surface area contributed by atoms with E-state index < -0.39 is 6.04 Å². The molecule has 6 heteroatoms. The standard InChI is InChI=1S/C13H21N3O.2ClH/c1-10(2)8-12(14)13(17)16-7-5-11-4-3-6-15-9-11;;/h3-4,6,9-10,12H,5,7-8,14H2,1-2H3,(H,16,17);2*1H/t12-;;/m0../s1. The Morgan fingerprint density at radius 1 is 1.42 bits per heavy atom. The number of rotatable bonds is 6. The Morgan fingerprint density at radius 2 is 2.11 bits per heavy atom. The van der Waals surface area contributed by atoms with Crippen LogP contribution in [-0.4, -0.2) is 23.5 Å². The van der Waals surface area contributed by atoms with E-state index in [9.17, 15) is 4.79 Å². The molecule has 0 saturated carbocycles. The van der Waals surface area contributed by atoms with Crippen LogP contribution in [0.1, 0.15) is 25.8 Å². The van der Waals surface area contributed by atoms with Crippen LogP contribution >= 0.6 is 24.8 Å². The first-order chi connectivity index (χ1) is 8.09. The summed E-state index contributed by atoms with van der Waals surface area (Å²) in [4.78, 5) is 15.6. The van der Waals surface area contributed by atoms with Crippen molar-refractivity contribution in [1.29, 1.82) is 0 Å². The van der Waals surface area contributed by atoms with Crippen molar-refractivity contribution < 1.29 is 4.79 Å². The minimum absolute atomic E-state index is 0. The van der Waals surface area contributed by atoms with Crippen LogP contribution in [0.25, 0.3) is 0 Å². The lowest BCUT2D eigenvalue weighted by atomic mass is 10.0. The summed E-state index contributed by atoms with van der Waals surface area (Å²) in [5.74, 6) is 0.372. The quantitative estimate of drug-likeness (QED) is 0.844. The van der Waals surface area contributed by atoms with Gasteiger partial charge in [0.25, 0.3) is 0 Å². The molecule has 0 aliphatic carbocycles. The third-order valence-electron chi connectivity index (χ3n) is 2.50. The Hall–Kier alpha value is -0.840. The summed E-state index contributed by atoms with van der Waals surface area (Å²) in [5, 5.41) is 2.84. The van der Waals surface area contributed by atoms with Crippen molar-refractivity contribution >= 4 is 30.7 Å². The Bertz CT molecular complexity index is 347. The minimum Gasteiger partial charge on any atom is -0.354 e. The van der Waals surface area contributed by atoms with Gasteiger partial charge in [0.1, 0.15) is 0 Å². The van der Waals surface area contributed by atoms with Gasteiger partial charge in [0.15, 0.2) is 0 Å². The summed E-state index contributed by atoms with van der Waals surface area (Å²) in [6, 6.07) is 3.48. The van der Waals surface area contributed by atoms with Crippen LogP contribution in [0, 0.1) is 5.92 Å². The van der Waals surface area contributed by atoms with E-state index in [4.69, 9.17) is 5.73 Å². The first-order valence-corrected chi connectivity index (χ1v) is 6.01. The minimum atomic E-state index is -0.399. The van der Waals surface area contributed by atoms with E-state index in [1.807, 2.05) is 12.1 Å². The van der Waals surface area contributed by atoms with Crippen molar-refractivity contribution in [2.45, 2.75) is 32.7 Å². The number of nitrogens with zero attached hydrogens (tertiary/aromatic N) is 1. The van der Waals surface area contributed by atoms with Crippen LogP contribution in [0.15, 0.2) is 24.5 Å². The van der Waals surface area contributed by atoms with Crippen molar-refractivity contribution in [3.63, 3.8) is 0 Å². The summed E-state index contributed by atoms with van der Waals surface area (Å²) < 4.78 is 0. The van der Waals surface area contributed by atoms with E-state index in [1.165, 1.54) is 0 Å². The lowest BCUT2D eigenvalue weighted by molar-refractivity contribution is -0.122. The second-order valence-corrected chi connectivity index (χ2v) is 4.64. The summed E-state index contributed by atoms with van der Waals surface area (Å²) in [7, 11) is 0. The lowest BCUT2D eigenvalue weighted by Crippen LogP contribution is -2.42. The largest absolute Gasteiger partial charge is 0.354 e. The number of carbonyl (C=O) groups is 1. The number of halogens is 2. The van der Waals surface area contributed by atoms with Gasteiger partial charge in [0.05, 0.1) is 6.04 Å². The van der Waals surface area contributed by atoms with Gasteiger partial charge in [-0.05, 0) is 30.4 Å². The van der Waals surface area contributed by atoms with Gasteiger partial charge in [-0.1, -0.05) is 19.9 Å². The monoisotopic (exact) mass is 307 g/mol. The lowest BCUT2D eigenvalue weighted by Gasteiger charge is -2.13. The fourth-order valence-electron chi connectivity index (χ4n) is 1.62. The highest BCUT2D eigenvalue weighted by Crippen LogP contribution is 2.02. The molecule has 0 fully saturated rings. The number of amides is 1. The summed E-state index contributed by atoms with van der Waals surface area (Å²) in [5.41, 5.74) is 6.89. The third kappa shape index (κ3) is 8.81. The molecule has 0 radical (unpaired) electrons.